The number of para-hydroxylation sites is 1. The highest BCUT2D eigenvalue weighted by Gasteiger charge is 2.39. The molecule has 0 saturated carbocycles. The van der Waals surface area contributed by atoms with Crippen molar-refractivity contribution in [1.82, 2.24) is 0 Å². The zero-order chi connectivity index (χ0) is 29.7. The summed E-state index contributed by atoms with van der Waals surface area (Å²) in [6.45, 7) is 8.29. The van der Waals surface area contributed by atoms with Crippen molar-refractivity contribution in [3.63, 3.8) is 0 Å². The maximum Gasteiger partial charge on any atom is 0.311 e. The summed E-state index contributed by atoms with van der Waals surface area (Å²) in [6, 6.07) is 22.6. The molecule has 2 amide bonds. The molecule has 7 heteroatoms. The highest BCUT2D eigenvalue weighted by Crippen LogP contribution is 2.41. The van der Waals surface area contributed by atoms with Crippen molar-refractivity contribution in [3.8, 4) is 0 Å². The molecule has 0 radical (unpaired) electrons. The van der Waals surface area contributed by atoms with Crippen LogP contribution in [0.4, 0.5) is 11.4 Å². The fourth-order valence-electron chi connectivity index (χ4n) is 5.70. The van der Waals surface area contributed by atoms with Gasteiger partial charge in [-0.15, -0.1) is 0 Å². The Kier molecular flexibility index (Phi) is 9.54. The van der Waals surface area contributed by atoms with Crippen LogP contribution in [0.5, 0.6) is 0 Å². The van der Waals surface area contributed by atoms with Crippen LogP contribution in [-0.2, 0) is 20.7 Å². The van der Waals surface area contributed by atoms with Gasteiger partial charge in [0.1, 0.15) is 0 Å². The molecule has 3 aromatic rings. The SMILES string of the molecule is CCN(C(=O)[C@@H]1C[C@@H](C)N(C(=O)c2ccc(CCCC(C)(C)C(=O)OC)cc2)c2ccccc21)c1ccc(Cl)cc1. The fraction of sp³-hybridized carbons (Fsp3) is 0.382. The first-order valence-electron chi connectivity index (χ1n) is 14.2. The molecular weight excluding hydrogens is 536 g/mol. The highest BCUT2D eigenvalue weighted by molar-refractivity contribution is 6.30. The number of hydrogen-bond acceptors (Lipinski definition) is 4. The zero-order valence-corrected chi connectivity index (χ0v) is 25.3. The van der Waals surface area contributed by atoms with E-state index in [0.29, 0.717) is 23.6 Å². The number of rotatable bonds is 9. The van der Waals surface area contributed by atoms with Crippen LogP contribution in [0.1, 0.15) is 74.4 Å². The first kappa shape index (κ1) is 30.3. The number of esters is 1. The number of carbonyl (C=O) groups excluding carboxylic acids is 3. The standard InChI is InChI=1S/C34H39ClN2O4/c1-6-36(27-19-17-26(35)18-20-27)32(39)29-22-23(2)37(30-12-8-7-11-28(29)30)31(38)25-15-13-24(14-16-25)10-9-21-34(3,4)33(40)41-5/h7-8,11-20,23,29H,6,9-10,21-22H2,1-5H3/t23-,29-/m1/s1. The van der Waals surface area contributed by atoms with Gasteiger partial charge in [0.25, 0.3) is 5.91 Å². The third kappa shape index (κ3) is 6.65. The van der Waals surface area contributed by atoms with Crippen LogP contribution < -0.4 is 9.80 Å². The van der Waals surface area contributed by atoms with Crippen molar-refractivity contribution >= 4 is 40.8 Å². The minimum absolute atomic E-state index is 0.0148. The molecule has 6 nitrogen and oxygen atoms in total. The second kappa shape index (κ2) is 12.9. The molecule has 0 unspecified atom stereocenters. The summed E-state index contributed by atoms with van der Waals surface area (Å²) in [5.41, 5.74) is 3.63. The van der Waals surface area contributed by atoms with Gasteiger partial charge in [-0.1, -0.05) is 41.9 Å². The van der Waals surface area contributed by atoms with E-state index in [9.17, 15) is 14.4 Å². The molecule has 3 aromatic carbocycles. The predicted molar refractivity (Wildman–Crippen MR) is 165 cm³/mol. The molecule has 0 saturated heterocycles. The minimum atomic E-state index is -0.523. The van der Waals surface area contributed by atoms with Crippen molar-refractivity contribution in [2.24, 2.45) is 5.41 Å². The molecule has 1 aliphatic heterocycles. The second-order valence-electron chi connectivity index (χ2n) is 11.4. The Morgan fingerprint density at radius 1 is 1.00 bits per heavy atom. The monoisotopic (exact) mass is 574 g/mol. The van der Waals surface area contributed by atoms with Crippen LogP contribution in [-0.4, -0.2) is 37.5 Å². The Morgan fingerprint density at radius 3 is 2.29 bits per heavy atom. The minimum Gasteiger partial charge on any atom is -0.469 e. The molecule has 0 spiro atoms. The van der Waals surface area contributed by atoms with Crippen molar-refractivity contribution in [1.29, 1.82) is 0 Å². The molecule has 216 valence electrons. The number of fused-ring (bicyclic) bond motifs is 1. The molecule has 0 aliphatic carbocycles. The highest BCUT2D eigenvalue weighted by atomic mass is 35.5. The number of nitrogens with zero attached hydrogens (tertiary/aromatic N) is 2. The Bertz CT molecular complexity index is 1380. The Hall–Kier alpha value is -3.64. The summed E-state index contributed by atoms with van der Waals surface area (Å²) in [4.78, 5) is 43.3. The largest absolute Gasteiger partial charge is 0.469 e. The number of benzene rings is 3. The number of methoxy groups -OCH3 is 1. The van der Waals surface area contributed by atoms with Crippen LogP contribution in [0.2, 0.25) is 5.02 Å². The average molecular weight is 575 g/mol. The summed E-state index contributed by atoms with van der Waals surface area (Å²) in [6.07, 6.45) is 2.89. The summed E-state index contributed by atoms with van der Waals surface area (Å²) < 4.78 is 4.91. The molecule has 0 fully saturated rings. The molecule has 0 N–H and O–H groups in total. The molecule has 41 heavy (non-hydrogen) atoms. The van der Waals surface area contributed by atoms with Crippen molar-refractivity contribution in [2.45, 2.75) is 65.3 Å². The molecular formula is C34H39ClN2O4. The molecule has 4 rings (SSSR count). The van der Waals surface area contributed by atoms with E-state index in [1.54, 1.807) is 17.0 Å². The molecule has 0 bridgehead atoms. The molecule has 1 heterocycles. The van der Waals surface area contributed by atoms with E-state index >= 15 is 0 Å². The van der Waals surface area contributed by atoms with E-state index in [-0.39, 0.29) is 29.7 Å². The number of halogens is 1. The summed E-state index contributed by atoms with van der Waals surface area (Å²) in [5, 5.41) is 0.624. The first-order chi connectivity index (χ1) is 19.6. The van der Waals surface area contributed by atoms with Crippen molar-refractivity contribution < 1.29 is 19.1 Å². The Labute approximate surface area is 248 Å². The normalized spacial score (nSPS) is 16.6. The van der Waals surface area contributed by atoms with Gasteiger partial charge in [-0.2, -0.15) is 0 Å². The number of anilines is 2. The van der Waals surface area contributed by atoms with E-state index in [1.165, 1.54) is 7.11 Å². The number of amides is 2. The van der Waals surface area contributed by atoms with Gasteiger partial charge in [0, 0.05) is 34.5 Å². The van der Waals surface area contributed by atoms with Crippen LogP contribution in [0, 0.1) is 5.41 Å². The molecule has 1 aliphatic rings. The van der Waals surface area contributed by atoms with Crippen LogP contribution in [0.15, 0.2) is 72.8 Å². The maximum atomic E-state index is 13.9. The lowest BCUT2D eigenvalue weighted by Crippen LogP contribution is -2.46. The van der Waals surface area contributed by atoms with Gasteiger partial charge >= 0.3 is 5.97 Å². The Balaban J connectivity index is 1.51. The van der Waals surface area contributed by atoms with Gasteiger partial charge in [0.05, 0.1) is 18.4 Å². The van der Waals surface area contributed by atoms with Crippen LogP contribution >= 0.6 is 11.6 Å². The number of ether oxygens (including phenoxy) is 1. The van der Waals surface area contributed by atoms with E-state index in [4.69, 9.17) is 16.3 Å². The maximum absolute atomic E-state index is 13.9. The third-order valence-electron chi connectivity index (χ3n) is 8.03. The van der Waals surface area contributed by atoms with Gasteiger partial charge in [0.15, 0.2) is 0 Å². The number of hydrogen-bond donors (Lipinski definition) is 0. The number of carbonyl (C=O) groups is 3. The first-order valence-corrected chi connectivity index (χ1v) is 14.6. The zero-order valence-electron chi connectivity index (χ0n) is 24.5. The smallest absolute Gasteiger partial charge is 0.311 e. The number of aryl methyl sites for hydroxylation is 1. The van der Waals surface area contributed by atoms with Crippen molar-refractivity contribution in [3.05, 3.63) is 94.5 Å². The van der Waals surface area contributed by atoms with Gasteiger partial charge in [0.2, 0.25) is 5.91 Å². The van der Waals surface area contributed by atoms with E-state index in [0.717, 1.165) is 41.8 Å². The van der Waals surface area contributed by atoms with E-state index < -0.39 is 5.41 Å². The quantitative estimate of drug-likeness (QED) is 0.249. The van der Waals surface area contributed by atoms with Crippen LogP contribution in [0.3, 0.4) is 0 Å². The fourth-order valence-corrected chi connectivity index (χ4v) is 5.82. The van der Waals surface area contributed by atoms with Gasteiger partial charge in [-0.05, 0) is 107 Å². The van der Waals surface area contributed by atoms with Crippen molar-refractivity contribution in [2.75, 3.05) is 23.5 Å². The number of likely N-dealkylation sites (N-methyl/N-ethyl adjacent to an activating group) is 1. The lowest BCUT2D eigenvalue weighted by atomic mass is 9.84. The third-order valence-corrected chi connectivity index (χ3v) is 8.28. The molecule has 2 atom stereocenters. The van der Waals surface area contributed by atoms with Gasteiger partial charge in [-0.3, -0.25) is 14.4 Å². The lowest BCUT2D eigenvalue weighted by Gasteiger charge is -2.40. The second-order valence-corrected chi connectivity index (χ2v) is 11.8. The predicted octanol–water partition coefficient (Wildman–Crippen LogP) is 7.44. The topological polar surface area (TPSA) is 66.9 Å². The summed E-state index contributed by atoms with van der Waals surface area (Å²) in [5.74, 6) is -0.636. The van der Waals surface area contributed by atoms with E-state index in [1.807, 2.05) is 93.3 Å². The summed E-state index contributed by atoms with van der Waals surface area (Å²) in [7, 11) is 1.42. The Morgan fingerprint density at radius 2 is 1.66 bits per heavy atom. The molecule has 0 aromatic heterocycles. The van der Waals surface area contributed by atoms with E-state index in [2.05, 4.69) is 0 Å². The average Bonchev–Trinajstić information content (AvgIpc) is 2.97. The van der Waals surface area contributed by atoms with Crippen LogP contribution in [0.25, 0.3) is 0 Å². The van der Waals surface area contributed by atoms with Gasteiger partial charge in [-0.25, -0.2) is 0 Å². The lowest BCUT2D eigenvalue weighted by molar-refractivity contribution is -0.151. The summed E-state index contributed by atoms with van der Waals surface area (Å²) >= 11 is 6.08. The van der Waals surface area contributed by atoms with Gasteiger partial charge < -0.3 is 14.5 Å².